The summed E-state index contributed by atoms with van der Waals surface area (Å²) in [4.78, 5) is 13.8. The lowest BCUT2D eigenvalue weighted by Crippen LogP contribution is -2.58. The van der Waals surface area contributed by atoms with E-state index in [2.05, 4.69) is 63.2 Å². The number of nitrogen functional groups attached to an aromatic ring is 1. The molecule has 1 unspecified atom stereocenters. The van der Waals surface area contributed by atoms with Gasteiger partial charge < -0.3 is 20.7 Å². The first-order chi connectivity index (χ1) is 18.8. The third-order valence-electron chi connectivity index (χ3n) is 7.75. The van der Waals surface area contributed by atoms with Crippen LogP contribution in [0.25, 0.3) is 0 Å². The van der Waals surface area contributed by atoms with Crippen molar-refractivity contribution in [3.63, 3.8) is 0 Å². The summed E-state index contributed by atoms with van der Waals surface area (Å²) in [6, 6.07) is 16.7. The summed E-state index contributed by atoms with van der Waals surface area (Å²) >= 11 is 18.9. The van der Waals surface area contributed by atoms with Crippen molar-refractivity contribution in [2.24, 2.45) is 0 Å². The van der Waals surface area contributed by atoms with Crippen LogP contribution in [0.3, 0.4) is 0 Å². The van der Waals surface area contributed by atoms with Gasteiger partial charge in [-0.3, -0.25) is 4.90 Å². The van der Waals surface area contributed by atoms with E-state index in [9.17, 15) is 0 Å². The minimum atomic E-state index is 0.0465. The first-order valence-electron chi connectivity index (χ1n) is 13.6. The van der Waals surface area contributed by atoms with E-state index < -0.39 is 0 Å². The molecule has 2 saturated heterocycles. The third-order valence-corrected chi connectivity index (χ3v) is 8.42. The average molecular weight is 590 g/mol. The molecule has 1 aromatic heterocycles. The molecule has 0 saturated carbocycles. The molecule has 2 aliphatic heterocycles. The highest BCUT2D eigenvalue weighted by Gasteiger charge is 2.38. The smallest absolute Gasteiger partial charge is 0.226 e. The fraction of sp³-hybridized carbons (Fsp3) is 0.448. The Bertz CT molecular complexity index is 1210. The quantitative estimate of drug-likeness (QED) is 0.283. The van der Waals surface area contributed by atoms with Crippen LogP contribution in [-0.4, -0.2) is 59.3 Å². The molecule has 0 bridgehead atoms. The summed E-state index contributed by atoms with van der Waals surface area (Å²) in [5.41, 5.74) is 9.48. The molecule has 0 radical (unpaired) electrons. The molecule has 39 heavy (non-hydrogen) atoms. The molecule has 208 valence electrons. The number of nitrogens with one attached hydrogen (secondary N) is 1. The fourth-order valence-electron chi connectivity index (χ4n) is 5.74. The summed E-state index contributed by atoms with van der Waals surface area (Å²) in [6.45, 7) is 7.46. The third kappa shape index (κ3) is 6.39. The van der Waals surface area contributed by atoms with Crippen LogP contribution in [0.15, 0.2) is 48.5 Å². The monoisotopic (exact) mass is 588 g/mol. The van der Waals surface area contributed by atoms with Gasteiger partial charge >= 0.3 is 0 Å². The zero-order chi connectivity index (χ0) is 27.5. The molecule has 0 amide bonds. The predicted molar refractivity (Wildman–Crippen MR) is 161 cm³/mol. The fourth-order valence-corrected chi connectivity index (χ4v) is 6.17. The molecule has 0 spiro atoms. The number of aromatic nitrogens is 2. The molecule has 3 aromatic rings. The Hall–Kier alpha value is -2.29. The predicted octanol–water partition coefficient (Wildman–Crippen LogP) is 6.69. The molecule has 2 aromatic carbocycles. The Morgan fingerprint density at radius 3 is 2.21 bits per heavy atom. The maximum Gasteiger partial charge on any atom is 0.226 e. The molecule has 5 rings (SSSR count). The van der Waals surface area contributed by atoms with Gasteiger partial charge in [-0.2, -0.15) is 9.97 Å². The normalized spacial score (nSPS) is 22.0. The minimum absolute atomic E-state index is 0.0465. The summed E-state index contributed by atoms with van der Waals surface area (Å²) in [6.07, 6.45) is 3.21. The number of nitrogens with two attached hydrogens (primary N) is 1. The Labute approximate surface area is 245 Å². The lowest BCUT2D eigenvalue weighted by Gasteiger charge is -2.49. The first kappa shape index (κ1) is 28.2. The van der Waals surface area contributed by atoms with Crippen LogP contribution in [0.2, 0.25) is 15.3 Å². The second kappa shape index (κ2) is 12.5. The van der Waals surface area contributed by atoms with Crippen molar-refractivity contribution < 1.29 is 4.74 Å². The van der Waals surface area contributed by atoms with Gasteiger partial charge in [0.1, 0.15) is 5.69 Å². The number of ether oxygens (including phenoxy) is 1. The molecule has 3 N–H and O–H groups in total. The van der Waals surface area contributed by atoms with Gasteiger partial charge in [0.25, 0.3) is 0 Å². The van der Waals surface area contributed by atoms with Crippen molar-refractivity contribution in [1.82, 2.24) is 14.9 Å². The van der Waals surface area contributed by atoms with E-state index in [0.29, 0.717) is 12.4 Å². The van der Waals surface area contributed by atoms with Crippen molar-refractivity contribution in [3.05, 3.63) is 75.0 Å². The SMILES string of the molecule is CC[C@@H]1CN(c2nc(Cl)nc(N)c2NCC2CCCO2)[C@@H](C)CN1C(c1ccc(Cl)cc1)c1ccc(Cl)cc1. The largest absolute Gasteiger partial charge is 0.382 e. The van der Waals surface area contributed by atoms with Gasteiger partial charge in [0, 0.05) is 48.4 Å². The van der Waals surface area contributed by atoms with Gasteiger partial charge in [-0.05, 0) is 73.2 Å². The van der Waals surface area contributed by atoms with Crippen molar-refractivity contribution in [1.29, 1.82) is 0 Å². The van der Waals surface area contributed by atoms with Crippen LogP contribution in [0, 0.1) is 0 Å². The molecule has 2 aliphatic rings. The lowest BCUT2D eigenvalue weighted by molar-refractivity contribution is 0.115. The van der Waals surface area contributed by atoms with Crippen LogP contribution in [0.1, 0.15) is 50.3 Å². The van der Waals surface area contributed by atoms with Gasteiger partial charge in [-0.1, -0.05) is 54.4 Å². The van der Waals surface area contributed by atoms with E-state index in [1.165, 1.54) is 11.1 Å². The second-order valence-electron chi connectivity index (χ2n) is 10.4. The van der Waals surface area contributed by atoms with Gasteiger partial charge in [-0.15, -0.1) is 0 Å². The van der Waals surface area contributed by atoms with E-state index >= 15 is 0 Å². The zero-order valence-electron chi connectivity index (χ0n) is 22.3. The Balaban J connectivity index is 1.46. The number of halogens is 3. The van der Waals surface area contributed by atoms with Crippen LogP contribution in [-0.2, 0) is 4.74 Å². The van der Waals surface area contributed by atoms with Crippen molar-refractivity contribution >= 4 is 52.1 Å². The highest BCUT2D eigenvalue weighted by molar-refractivity contribution is 6.30. The van der Waals surface area contributed by atoms with E-state index in [1.54, 1.807) is 0 Å². The average Bonchev–Trinajstić information content (AvgIpc) is 3.44. The summed E-state index contributed by atoms with van der Waals surface area (Å²) < 4.78 is 5.81. The molecular formula is C29H35Cl3N6O. The Morgan fingerprint density at radius 2 is 1.64 bits per heavy atom. The molecule has 2 fully saturated rings. The maximum absolute atomic E-state index is 6.38. The maximum atomic E-state index is 6.38. The van der Waals surface area contributed by atoms with E-state index in [0.717, 1.165) is 60.5 Å². The topological polar surface area (TPSA) is 79.5 Å². The molecule has 7 nitrogen and oxygen atoms in total. The number of hydrogen-bond acceptors (Lipinski definition) is 7. The Morgan fingerprint density at radius 1 is 1.00 bits per heavy atom. The van der Waals surface area contributed by atoms with E-state index in [-0.39, 0.29) is 29.5 Å². The molecule has 10 heteroatoms. The van der Waals surface area contributed by atoms with Crippen LogP contribution in [0.5, 0.6) is 0 Å². The van der Waals surface area contributed by atoms with Gasteiger partial charge in [0.05, 0.1) is 12.1 Å². The number of piperazine rings is 1. The summed E-state index contributed by atoms with van der Waals surface area (Å²) in [7, 11) is 0. The standard InChI is InChI=1S/C29H35Cl3N6O/c1-3-23-17-37(28-25(27(33)35-29(32)36-28)34-15-24-5-4-14-39-24)18(2)16-38(23)26(19-6-10-21(30)11-7-19)20-8-12-22(31)13-9-20/h6-13,18,23-24,26,34H,3-5,14-17H2,1-2H3,(H2,33,35,36)/t18-,23+,24?/m0/s1. The van der Waals surface area contributed by atoms with Gasteiger partial charge in [0.15, 0.2) is 11.6 Å². The van der Waals surface area contributed by atoms with Crippen molar-refractivity contribution in [2.75, 3.05) is 42.2 Å². The molecule has 3 atom stereocenters. The van der Waals surface area contributed by atoms with Crippen molar-refractivity contribution in [2.45, 2.75) is 57.3 Å². The van der Waals surface area contributed by atoms with Crippen LogP contribution < -0.4 is 16.0 Å². The number of nitrogens with zero attached hydrogens (tertiary/aromatic N) is 4. The van der Waals surface area contributed by atoms with Crippen LogP contribution >= 0.6 is 34.8 Å². The number of hydrogen-bond donors (Lipinski definition) is 2. The lowest BCUT2D eigenvalue weighted by atomic mass is 9.92. The van der Waals surface area contributed by atoms with Crippen molar-refractivity contribution in [3.8, 4) is 0 Å². The van der Waals surface area contributed by atoms with E-state index in [1.807, 2.05) is 24.3 Å². The minimum Gasteiger partial charge on any atom is -0.382 e. The van der Waals surface area contributed by atoms with Crippen LogP contribution in [0.4, 0.5) is 17.3 Å². The zero-order valence-corrected chi connectivity index (χ0v) is 24.6. The molecule has 0 aliphatic carbocycles. The number of benzene rings is 2. The van der Waals surface area contributed by atoms with Gasteiger partial charge in [-0.25, -0.2) is 0 Å². The highest BCUT2D eigenvalue weighted by atomic mass is 35.5. The Kier molecular flexibility index (Phi) is 9.04. The number of rotatable bonds is 8. The second-order valence-corrected chi connectivity index (χ2v) is 11.6. The molecular weight excluding hydrogens is 555 g/mol. The highest BCUT2D eigenvalue weighted by Crippen LogP contribution is 2.39. The van der Waals surface area contributed by atoms with Gasteiger partial charge in [0.2, 0.25) is 5.28 Å². The first-order valence-corrected chi connectivity index (χ1v) is 14.7. The van der Waals surface area contributed by atoms with E-state index in [4.69, 9.17) is 45.3 Å². The summed E-state index contributed by atoms with van der Waals surface area (Å²) in [5.74, 6) is 1.09. The number of anilines is 3. The summed E-state index contributed by atoms with van der Waals surface area (Å²) in [5, 5.41) is 5.07. The molecule has 3 heterocycles.